The van der Waals surface area contributed by atoms with Crippen molar-refractivity contribution in [2.75, 3.05) is 19.6 Å². The van der Waals surface area contributed by atoms with Crippen LogP contribution in [0.2, 0.25) is 0 Å². The Morgan fingerprint density at radius 2 is 2.11 bits per heavy atom. The second-order valence-corrected chi connectivity index (χ2v) is 6.86. The van der Waals surface area contributed by atoms with Crippen molar-refractivity contribution in [1.29, 1.82) is 0 Å². The summed E-state index contributed by atoms with van der Waals surface area (Å²) in [5, 5.41) is 3.79. The Bertz CT molecular complexity index is 406. The zero-order chi connectivity index (χ0) is 13.1. The summed E-state index contributed by atoms with van der Waals surface area (Å²) in [6.45, 7) is 4.43. The Kier molecular flexibility index (Phi) is 4.20. The van der Waals surface area contributed by atoms with E-state index in [1.165, 1.54) is 44.3 Å². The van der Waals surface area contributed by atoms with Crippen LogP contribution in [0.15, 0.2) is 22.8 Å². The number of rotatable bonds is 2. The minimum atomic E-state index is 0.395. The molecule has 1 saturated carbocycles. The number of nitrogens with zero attached hydrogens (tertiary/aromatic N) is 2. The third-order valence-electron chi connectivity index (χ3n) is 4.44. The van der Waals surface area contributed by atoms with Crippen molar-refractivity contribution in [1.82, 2.24) is 15.2 Å². The lowest BCUT2D eigenvalue weighted by Crippen LogP contribution is -2.60. The van der Waals surface area contributed by atoms with Crippen LogP contribution in [-0.2, 0) is 6.54 Å². The standard InChI is InChI=1S/C15H22BrN3/c16-13-4-5-14(17-10-13)11-19-9-8-18-15(12-19)6-2-1-3-7-15/h4-5,10,18H,1-3,6-9,11-12H2. The van der Waals surface area contributed by atoms with Gasteiger partial charge < -0.3 is 5.32 Å². The smallest absolute Gasteiger partial charge is 0.0544 e. The molecule has 1 aromatic heterocycles. The number of hydrogen-bond acceptors (Lipinski definition) is 3. The highest BCUT2D eigenvalue weighted by Gasteiger charge is 2.35. The van der Waals surface area contributed by atoms with Crippen LogP contribution in [0.3, 0.4) is 0 Å². The highest BCUT2D eigenvalue weighted by Crippen LogP contribution is 2.30. The first-order valence-electron chi connectivity index (χ1n) is 7.34. The van der Waals surface area contributed by atoms with E-state index in [4.69, 9.17) is 0 Å². The molecule has 0 atom stereocenters. The Morgan fingerprint density at radius 3 is 2.84 bits per heavy atom. The lowest BCUT2D eigenvalue weighted by atomic mass is 9.80. The Labute approximate surface area is 123 Å². The molecule has 3 rings (SSSR count). The minimum absolute atomic E-state index is 0.395. The summed E-state index contributed by atoms with van der Waals surface area (Å²) in [5.41, 5.74) is 1.57. The molecule has 1 aliphatic heterocycles. The van der Waals surface area contributed by atoms with E-state index in [1.807, 2.05) is 6.20 Å². The topological polar surface area (TPSA) is 28.2 Å². The second-order valence-electron chi connectivity index (χ2n) is 5.95. The third kappa shape index (κ3) is 3.36. The van der Waals surface area contributed by atoms with Gasteiger partial charge >= 0.3 is 0 Å². The number of pyridine rings is 1. The number of hydrogen-bond donors (Lipinski definition) is 1. The zero-order valence-corrected chi connectivity index (χ0v) is 13.0. The molecule has 4 heteroatoms. The third-order valence-corrected chi connectivity index (χ3v) is 4.91. The molecule has 0 unspecified atom stereocenters. The van der Waals surface area contributed by atoms with Gasteiger partial charge in [0.25, 0.3) is 0 Å². The van der Waals surface area contributed by atoms with Gasteiger partial charge in [-0.25, -0.2) is 0 Å². The van der Waals surface area contributed by atoms with Gasteiger partial charge in [-0.3, -0.25) is 9.88 Å². The molecule has 1 spiro atoms. The molecular formula is C15H22BrN3. The van der Waals surface area contributed by atoms with E-state index in [0.717, 1.165) is 24.1 Å². The number of halogens is 1. The monoisotopic (exact) mass is 323 g/mol. The first kappa shape index (κ1) is 13.5. The molecule has 104 valence electrons. The van der Waals surface area contributed by atoms with Gasteiger partial charge in [-0.1, -0.05) is 19.3 Å². The Hall–Kier alpha value is -0.450. The van der Waals surface area contributed by atoms with Gasteiger partial charge in [0, 0.05) is 42.4 Å². The highest BCUT2D eigenvalue weighted by molar-refractivity contribution is 9.10. The van der Waals surface area contributed by atoms with Crippen LogP contribution in [0.1, 0.15) is 37.8 Å². The second kappa shape index (κ2) is 5.90. The fraction of sp³-hybridized carbons (Fsp3) is 0.667. The van der Waals surface area contributed by atoms with Gasteiger partial charge in [0.05, 0.1) is 5.69 Å². The van der Waals surface area contributed by atoms with Crippen molar-refractivity contribution < 1.29 is 0 Å². The summed E-state index contributed by atoms with van der Waals surface area (Å²) < 4.78 is 1.06. The molecule has 0 bridgehead atoms. The SMILES string of the molecule is Brc1ccc(CN2CCNC3(CCCCC3)C2)nc1. The summed E-state index contributed by atoms with van der Waals surface area (Å²) >= 11 is 3.44. The van der Waals surface area contributed by atoms with E-state index in [0.29, 0.717) is 5.54 Å². The van der Waals surface area contributed by atoms with Crippen LogP contribution < -0.4 is 5.32 Å². The van der Waals surface area contributed by atoms with Crippen LogP contribution in [-0.4, -0.2) is 35.1 Å². The normalized spacial score (nSPS) is 23.6. The maximum absolute atomic E-state index is 4.50. The molecule has 1 saturated heterocycles. The molecule has 3 nitrogen and oxygen atoms in total. The molecular weight excluding hydrogens is 302 g/mol. The van der Waals surface area contributed by atoms with Crippen molar-refractivity contribution in [3.05, 3.63) is 28.5 Å². The van der Waals surface area contributed by atoms with Crippen molar-refractivity contribution in [3.63, 3.8) is 0 Å². The molecule has 1 N–H and O–H groups in total. The molecule has 19 heavy (non-hydrogen) atoms. The molecule has 2 heterocycles. The van der Waals surface area contributed by atoms with Crippen LogP contribution >= 0.6 is 15.9 Å². The summed E-state index contributed by atoms with van der Waals surface area (Å²) in [6.07, 6.45) is 8.77. The molecule has 0 amide bonds. The van der Waals surface area contributed by atoms with Crippen LogP contribution in [0, 0.1) is 0 Å². The van der Waals surface area contributed by atoms with Gasteiger partial charge in [-0.2, -0.15) is 0 Å². The van der Waals surface area contributed by atoms with Gasteiger partial charge in [-0.05, 0) is 40.9 Å². The van der Waals surface area contributed by atoms with Crippen molar-refractivity contribution in [3.8, 4) is 0 Å². The molecule has 0 aromatic carbocycles. The summed E-state index contributed by atoms with van der Waals surface area (Å²) in [6, 6.07) is 4.21. The van der Waals surface area contributed by atoms with E-state index in [9.17, 15) is 0 Å². The molecule has 1 aliphatic carbocycles. The fourth-order valence-electron chi connectivity index (χ4n) is 3.47. The molecule has 1 aromatic rings. The number of piperazine rings is 1. The number of aromatic nitrogens is 1. The van der Waals surface area contributed by atoms with Crippen LogP contribution in [0.5, 0.6) is 0 Å². The maximum Gasteiger partial charge on any atom is 0.0544 e. The fourth-order valence-corrected chi connectivity index (χ4v) is 3.70. The van der Waals surface area contributed by atoms with Gasteiger partial charge in [0.1, 0.15) is 0 Å². The lowest BCUT2D eigenvalue weighted by Gasteiger charge is -2.46. The molecule has 0 radical (unpaired) electrons. The van der Waals surface area contributed by atoms with E-state index in [2.05, 4.69) is 43.3 Å². The number of nitrogens with one attached hydrogen (secondary N) is 1. The van der Waals surface area contributed by atoms with E-state index >= 15 is 0 Å². The van der Waals surface area contributed by atoms with Gasteiger partial charge in [0.2, 0.25) is 0 Å². The first-order valence-corrected chi connectivity index (χ1v) is 8.13. The van der Waals surface area contributed by atoms with E-state index < -0.39 is 0 Å². The summed E-state index contributed by atoms with van der Waals surface area (Å²) in [5.74, 6) is 0. The quantitative estimate of drug-likeness (QED) is 0.907. The minimum Gasteiger partial charge on any atom is -0.309 e. The summed E-state index contributed by atoms with van der Waals surface area (Å²) in [4.78, 5) is 7.06. The average Bonchev–Trinajstić information content (AvgIpc) is 2.42. The predicted octanol–water partition coefficient (Wildman–Crippen LogP) is 2.95. The largest absolute Gasteiger partial charge is 0.309 e. The van der Waals surface area contributed by atoms with Crippen molar-refractivity contribution >= 4 is 15.9 Å². The lowest BCUT2D eigenvalue weighted by molar-refractivity contribution is 0.0936. The van der Waals surface area contributed by atoms with Crippen molar-refractivity contribution in [2.24, 2.45) is 0 Å². The maximum atomic E-state index is 4.50. The average molecular weight is 324 g/mol. The Balaban J connectivity index is 1.63. The Morgan fingerprint density at radius 1 is 1.26 bits per heavy atom. The zero-order valence-electron chi connectivity index (χ0n) is 11.4. The van der Waals surface area contributed by atoms with E-state index in [1.54, 1.807) is 0 Å². The van der Waals surface area contributed by atoms with Gasteiger partial charge in [0.15, 0.2) is 0 Å². The van der Waals surface area contributed by atoms with Crippen LogP contribution in [0.4, 0.5) is 0 Å². The van der Waals surface area contributed by atoms with Crippen molar-refractivity contribution in [2.45, 2.75) is 44.2 Å². The first-order chi connectivity index (χ1) is 9.26. The van der Waals surface area contributed by atoms with Gasteiger partial charge in [-0.15, -0.1) is 0 Å². The predicted molar refractivity (Wildman–Crippen MR) is 81.0 cm³/mol. The molecule has 2 fully saturated rings. The van der Waals surface area contributed by atoms with E-state index in [-0.39, 0.29) is 0 Å². The molecule has 2 aliphatic rings. The summed E-state index contributed by atoms with van der Waals surface area (Å²) in [7, 11) is 0. The highest BCUT2D eigenvalue weighted by atomic mass is 79.9. The van der Waals surface area contributed by atoms with Crippen LogP contribution in [0.25, 0.3) is 0 Å².